The number of carbonyl (C=O) groups excluding carboxylic acids is 2. The Morgan fingerprint density at radius 3 is 1.41 bits per heavy atom. The zero-order valence-electron chi connectivity index (χ0n) is 13.0. The van der Waals surface area contributed by atoms with E-state index >= 15 is 0 Å². The fourth-order valence-electron chi connectivity index (χ4n) is 1.99. The minimum Gasteiger partial charge on any atom is -0.342 e. The molecule has 0 aliphatic rings. The molecule has 0 atom stereocenters. The van der Waals surface area contributed by atoms with E-state index in [9.17, 15) is 9.59 Å². The van der Waals surface area contributed by atoms with Gasteiger partial charge in [0, 0.05) is 50.1 Å². The average molecular weight is 345 g/mol. The lowest BCUT2D eigenvalue weighted by Crippen LogP contribution is -2.29. The van der Waals surface area contributed by atoms with Crippen molar-refractivity contribution in [2.24, 2.45) is 0 Å². The van der Waals surface area contributed by atoms with Gasteiger partial charge in [-0.1, -0.05) is 0 Å². The Morgan fingerprint density at radius 2 is 1.14 bits per heavy atom. The summed E-state index contributed by atoms with van der Waals surface area (Å²) < 4.78 is 0. The van der Waals surface area contributed by atoms with Crippen LogP contribution in [0.4, 0.5) is 0 Å². The van der Waals surface area contributed by atoms with Crippen LogP contribution < -0.4 is 0 Å². The normalized spacial score (nSPS) is 10.4. The van der Waals surface area contributed by atoms with Crippen LogP contribution in [-0.2, 0) is 0 Å². The van der Waals surface area contributed by atoms with Gasteiger partial charge in [0.05, 0.1) is 0 Å². The standard InChI is InChI=1S/C16H22Cl2N2O2/c1-19(11-3-9-17)15(21)13-5-7-14(8-6-13)16(22)20(2)12-4-10-18/h5-8H,3-4,9-12H2,1-2H3. The van der Waals surface area contributed by atoms with Gasteiger partial charge >= 0.3 is 0 Å². The number of benzene rings is 1. The highest BCUT2D eigenvalue weighted by atomic mass is 35.5. The van der Waals surface area contributed by atoms with Gasteiger partial charge in [0.2, 0.25) is 0 Å². The molecule has 0 N–H and O–H groups in total. The molecule has 6 heteroatoms. The Labute approximate surface area is 142 Å². The van der Waals surface area contributed by atoms with Gasteiger partial charge in [-0.15, -0.1) is 23.2 Å². The van der Waals surface area contributed by atoms with Gasteiger partial charge in [0.1, 0.15) is 0 Å². The number of hydrogen-bond acceptors (Lipinski definition) is 2. The maximum Gasteiger partial charge on any atom is 0.253 e. The molecule has 4 nitrogen and oxygen atoms in total. The van der Waals surface area contributed by atoms with E-state index < -0.39 is 0 Å². The molecular weight excluding hydrogens is 323 g/mol. The van der Waals surface area contributed by atoms with Gasteiger partial charge in [-0.25, -0.2) is 0 Å². The third-order valence-corrected chi connectivity index (χ3v) is 3.86. The van der Waals surface area contributed by atoms with Crippen LogP contribution in [0.3, 0.4) is 0 Å². The molecule has 0 fully saturated rings. The van der Waals surface area contributed by atoms with E-state index in [2.05, 4.69) is 0 Å². The largest absolute Gasteiger partial charge is 0.342 e. The van der Waals surface area contributed by atoms with Crippen LogP contribution in [0, 0.1) is 0 Å². The maximum absolute atomic E-state index is 12.2. The van der Waals surface area contributed by atoms with Gasteiger partial charge < -0.3 is 9.80 Å². The highest BCUT2D eigenvalue weighted by Crippen LogP contribution is 2.10. The zero-order valence-corrected chi connectivity index (χ0v) is 14.5. The van der Waals surface area contributed by atoms with Crippen molar-refractivity contribution in [3.05, 3.63) is 35.4 Å². The molecule has 0 spiro atoms. The van der Waals surface area contributed by atoms with E-state index in [1.165, 1.54) is 0 Å². The molecule has 0 aromatic heterocycles. The van der Waals surface area contributed by atoms with Crippen LogP contribution in [0.2, 0.25) is 0 Å². The summed E-state index contributed by atoms with van der Waals surface area (Å²) in [5.74, 6) is 0.915. The summed E-state index contributed by atoms with van der Waals surface area (Å²) in [6, 6.07) is 6.73. The van der Waals surface area contributed by atoms with Crippen molar-refractivity contribution in [1.82, 2.24) is 9.80 Å². The highest BCUT2D eigenvalue weighted by molar-refractivity contribution is 6.18. The van der Waals surface area contributed by atoms with Gasteiger partial charge in [0.25, 0.3) is 11.8 Å². The summed E-state index contributed by atoms with van der Waals surface area (Å²) in [7, 11) is 3.49. The first-order valence-corrected chi connectivity index (χ1v) is 8.31. The SMILES string of the molecule is CN(CCCCl)C(=O)c1ccc(C(=O)N(C)CCCCl)cc1. The summed E-state index contributed by atoms with van der Waals surface area (Å²) in [6.07, 6.45) is 1.51. The predicted octanol–water partition coefficient (Wildman–Crippen LogP) is 3.09. The van der Waals surface area contributed by atoms with E-state index in [0.29, 0.717) is 36.0 Å². The van der Waals surface area contributed by atoms with Crippen LogP contribution in [0.1, 0.15) is 33.6 Å². The Bertz CT molecular complexity index is 446. The van der Waals surface area contributed by atoms with Crippen LogP contribution in [0.25, 0.3) is 0 Å². The van der Waals surface area contributed by atoms with Crippen molar-refractivity contribution in [1.29, 1.82) is 0 Å². The number of carbonyl (C=O) groups is 2. The first kappa shape index (κ1) is 18.8. The second-order valence-corrected chi connectivity index (χ2v) is 5.87. The van der Waals surface area contributed by atoms with Crippen molar-refractivity contribution >= 4 is 35.0 Å². The molecule has 1 rings (SSSR count). The fourth-order valence-corrected chi connectivity index (χ4v) is 2.23. The molecule has 0 radical (unpaired) electrons. The van der Waals surface area contributed by atoms with Gasteiger partial charge in [-0.2, -0.15) is 0 Å². The molecule has 0 saturated heterocycles. The molecule has 122 valence electrons. The average Bonchev–Trinajstić information content (AvgIpc) is 2.56. The number of amides is 2. The molecule has 2 amide bonds. The Morgan fingerprint density at radius 1 is 0.818 bits per heavy atom. The second-order valence-electron chi connectivity index (χ2n) is 5.12. The summed E-state index contributed by atoms with van der Waals surface area (Å²) >= 11 is 11.3. The minimum atomic E-state index is -0.0698. The molecule has 0 bridgehead atoms. The molecule has 0 heterocycles. The molecule has 0 saturated carbocycles. The lowest BCUT2D eigenvalue weighted by Gasteiger charge is -2.18. The Hall–Kier alpha value is -1.26. The van der Waals surface area contributed by atoms with Crippen molar-refractivity contribution < 1.29 is 9.59 Å². The summed E-state index contributed by atoms with van der Waals surface area (Å²) in [6.45, 7) is 1.23. The van der Waals surface area contributed by atoms with Crippen LogP contribution in [0.15, 0.2) is 24.3 Å². The summed E-state index contributed by atoms with van der Waals surface area (Å²) in [5, 5.41) is 0. The van der Waals surface area contributed by atoms with Crippen molar-refractivity contribution in [3.8, 4) is 0 Å². The topological polar surface area (TPSA) is 40.6 Å². The number of rotatable bonds is 8. The lowest BCUT2D eigenvalue weighted by molar-refractivity contribution is 0.0784. The van der Waals surface area contributed by atoms with Gasteiger partial charge in [0.15, 0.2) is 0 Å². The van der Waals surface area contributed by atoms with Crippen LogP contribution >= 0.6 is 23.2 Å². The third-order valence-electron chi connectivity index (χ3n) is 3.33. The summed E-state index contributed by atoms with van der Waals surface area (Å²) in [4.78, 5) is 27.6. The molecular formula is C16H22Cl2N2O2. The number of halogens is 2. The first-order chi connectivity index (χ1) is 10.5. The molecule has 1 aromatic rings. The van der Waals surface area contributed by atoms with Crippen molar-refractivity contribution in [2.45, 2.75) is 12.8 Å². The molecule has 0 aliphatic carbocycles. The summed E-state index contributed by atoms with van der Waals surface area (Å²) in [5.41, 5.74) is 1.13. The molecule has 1 aromatic carbocycles. The Kier molecular flexibility index (Phi) is 8.28. The molecule has 22 heavy (non-hydrogen) atoms. The fraction of sp³-hybridized carbons (Fsp3) is 0.500. The number of alkyl halides is 2. The quantitative estimate of drug-likeness (QED) is 0.680. The van der Waals surface area contributed by atoms with E-state index in [-0.39, 0.29) is 11.8 Å². The van der Waals surface area contributed by atoms with Gasteiger partial charge in [-0.05, 0) is 37.1 Å². The van der Waals surface area contributed by atoms with Crippen LogP contribution in [0.5, 0.6) is 0 Å². The first-order valence-electron chi connectivity index (χ1n) is 7.24. The highest BCUT2D eigenvalue weighted by Gasteiger charge is 2.14. The predicted molar refractivity (Wildman–Crippen MR) is 91.0 cm³/mol. The van der Waals surface area contributed by atoms with E-state index in [1.807, 2.05) is 0 Å². The monoisotopic (exact) mass is 344 g/mol. The van der Waals surface area contributed by atoms with Crippen molar-refractivity contribution in [2.75, 3.05) is 38.9 Å². The van der Waals surface area contributed by atoms with E-state index in [0.717, 1.165) is 12.8 Å². The smallest absolute Gasteiger partial charge is 0.253 e. The number of nitrogens with zero attached hydrogens (tertiary/aromatic N) is 2. The molecule has 0 unspecified atom stereocenters. The lowest BCUT2D eigenvalue weighted by atomic mass is 10.1. The Balaban J connectivity index is 2.69. The van der Waals surface area contributed by atoms with Gasteiger partial charge in [-0.3, -0.25) is 9.59 Å². The van der Waals surface area contributed by atoms with Crippen molar-refractivity contribution in [3.63, 3.8) is 0 Å². The maximum atomic E-state index is 12.2. The zero-order chi connectivity index (χ0) is 16.5. The number of hydrogen-bond donors (Lipinski definition) is 0. The molecule has 0 aliphatic heterocycles. The van der Waals surface area contributed by atoms with E-state index in [1.54, 1.807) is 48.2 Å². The minimum absolute atomic E-state index is 0.0698. The van der Waals surface area contributed by atoms with Crippen LogP contribution in [-0.4, -0.2) is 60.6 Å². The third kappa shape index (κ3) is 5.50. The second kappa shape index (κ2) is 9.70. The van der Waals surface area contributed by atoms with E-state index in [4.69, 9.17) is 23.2 Å².